The van der Waals surface area contributed by atoms with Crippen LogP contribution < -0.4 is 4.74 Å². The molecule has 0 fully saturated rings. The number of nitrogens with zero attached hydrogens (tertiary/aromatic N) is 1. The second-order valence-corrected chi connectivity index (χ2v) is 4.49. The van der Waals surface area contributed by atoms with Crippen molar-refractivity contribution in [2.75, 3.05) is 21.2 Å². The van der Waals surface area contributed by atoms with Gasteiger partial charge in [0.25, 0.3) is 0 Å². The molecule has 1 unspecified atom stereocenters. The fraction of sp³-hybridized carbons (Fsp3) is 0.500. The van der Waals surface area contributed by atoms with Crippen LogP contribution in [0.4, 0.5) is 0 Å². The molecule has 17 heavy (non-hydrogen) atoms. The van der Waals surface area contributed by atoms with Crippen molar-refractivity contribution in [3.8, 4) is 5.75 Å². The quantitative estimate of drug-likeness (QED) is 0.759. The molecule has 0 aliphatic carbocycles. The fourth-order valence-corrected chi connectivity index (χ4v) is 1.89. The molecule has 1 aromatic rings. The van der Waals surface area contributed by atoms with Gasteiger partial charge in [0.2, 0.25) is 0 Å². The van der Waals surface area contributed by atoms with Crippen LogP contribution in [0.25, 0.3) is 0 Å². The molecule has 0 radical (unpaired) electrons. The molecule has 0 saturated carbocycles. The van der Waals surface area contributed by atoms with Gasteiger partial charge in [0.1, 0.15) is 11.5 Å². The van der Waals surface area contributed by atoms with Crippen LogP contribution in [-0.2, 0) is 4.79 Å². The average Bonchev–Trinajstić information content (AvgIpc) is 2.29. The number of ketones is 1. The lowest BCUT2D eigenvalue weighted by Crippen LogP contribution is -2.20. The molecule has 0 bridgehead atoms. The molecule has 0 aliphatic heterocycles. The molecule has 0 heterocycles. The molecule has 3 nitrogen and oxygen atoms in total. The number of Topliss-reactive ketones (excluding diaryl/α,β-unsaturated/α-hetero) is 1. The summed E-state index contributed by atoms with van der Waals surface area (Å²) in [6.45, 7) is 1.64. The van der Waals surface area contributed by atoms with Crippen molar-refractivity contribution in [2.45, 2.75) is 25.8 Å². The summed E-state index contributed by atoms with van der Waals surface area (Å²) in [7, 11) is 5.73. The third-order valence-corrected chi connectivity index (χ3v) is 2.89. The minimum atomic E-state index is 0.241. The lowest BCUT2D eigenvalue weighted by molar-refractivity contribution is -0.117. The number of carbonyl (C=O) groups is 1. The van der Waals surface area contributed by atoms with E-state index in [1.807, 2.05) is 26.2 Å². The molecule has 0 N–H and O–H groups in total. The summed E-state index contributed by atoms with van der Waals surface area (Å²) >= 11 is 0. The largest absolute Gasteiger partial charge is 0.497 e. The lowest BCUT2D eigenvalue weighted by Gasteiger charge is -2.24. The monoisotopic (exact) mass is 235 g/mol. The zero-order valence-electron chi connectivity index (χ0n) is 11.1. The Kier molecular flexibility index (Phi) is 5.16. The zero-order valence-corrected chi connectivity index (χ0v) is 11.1. The summed E-state index contributed by atoms with van der Waals surface area (Å²) in [5, 5.41) is 0. The summed E-state index contributed by atoms with van der Waals surface area (Å²) in [6, 6.07) is 8.32. The van der Waals surface area contributed by atoms with Gasteiger partial charge in [-0.1, -0.05) is 12.1 Å². The summed E-state index contributed by atoms with van der Waals surface area (Å²) in [6.07, 6.45) is 1.48. The second-order valence-electron chi connectivity index (χ2n) is 4.49. The highest BCUT2D eigenvalue weighted by Crippen LogP contribution is 2.25. The van der Waals surface area contributed by atoms with Crippen LogP contribution in [0.1, 0.15) is 31.4 Å². The van der Waals surface area contributed by atoms with Crippen molar-refractivity contribution in [1.82, 2.24) is 4.90 Å². The van der Waals surface area contributed by atoms with Gasteiger partial charge < -0.3 is 14.4 Å². The van der Waals surface area contributed by atoms with E-state index < -0.39 is 0 Å². The van der Waals surface area contributed by atoms with Crippen LogP contribution in [0.3, 0.4) is 0 Å². The Bertz CT molecular complexity index is 357. The summed E-state index contributed by atoms with van der Waals surface area (Å²) in [5.41, 5.74) is 1.22. The first-order valence-electron chi connectivity index (χ1n) is 5.84. The van der Waals surface area contributed by atoms with E-state index in [9.17, 15) is 4.79 Å². The van der Waals surface area contributed by atoms with Gasteiger partial charge in [0, 0.05) is 12.5 Å². The maximum atomic E-state index is 11.1. The molecule has 0 aliphatic rings. The van der Waals surface area contributed by atoms with Crippen molar-refractivity contribution in [1.29, 1.82) is 0 Å². The van der Waals surface area contributed by atoms with Gasteiger partial charge in [-0.25, -0.2) is 0 Å². The molecular weight excluding hydrogens is 214 g/mol. The SMILES string of the molecule is COc1ccc(C(CCC(C)=O)N(C)C)cc1. The number of hydrogen-bond acceptors (Lipinski definition) is 3. The van der Waals surface area contributed by atoms with Gasteiger partial charge in [-0.15, -0.1) is 0 Å². The Morgan fingerprint density at radius 2 is 1.88 bits per heavy atom. The van der Waals surface area contributed by atoms with Crippen molar-refractivity contribution in [2.24, 2.45) is 0 Å². The van der Waals surface area contributed by atoms with Crippen LogP contribution in [0.5, 0.6) is 5.75 Å². The molecule has 0 spiro atoms. The van der Waals surface area contributed by atoms with E-state index in [2.05, 4.69) is 17.0 Å². The van der Waals surface area contributed by atoms with E-state index in [0.29, 0.717) is 6.42 Å². The van der Waals surface area contributed by atoms with Crippen LogP contribution in [0.2, 0.25) is 0 Å². The maximum Gasteiger partial charge on any atom is 0.129 e. The van der Waals surface area contributed by atoms with Gasteiger partial charge in [-0.3, -0.25) is 0 Å². The Balaban J connectivity index is 2.78. The molecule has 0 aromatic heterocycles. The predicted molar refractivity (Wildman–Crippen MR) is 69.3 cm³/mol. The first kappa shape index (κ1) is 13.7. The van der Waals surface area contributed by atoms with E-state index in [0.717, 1.165) is 12.2 Å². The fourth-order valence-electron chi connectivity index (χ4n) is 1.89. The Morgan fingerprint density at radius 3 is 2.29 bits per heavy atom. The van der Waals surface area contributed by atoms with Gasteiger partial charge in [0.15, 0.2) is 0 Å². The van der Waals surface area contributed by atoms with Gasteiger partial charge in [-0.2, -0.15) is 0 Å². The standard InChI is InChI=1S/C14H21NO2/c1-11(16)5-10-14(15(2)3)12-6-8-13(17-4)9-7-12/h6-9,14H,5,10H2,1-4H3. The maximum absolute atomic E-state index is 11.1. The number of benzene rings is 1. The van der Waals surface area contributed by atoms with Crippen molar-refractivity contribution in [3.63, 3.8) is 0 Å². The van der Waals surface area contributed by atoms with Gasteiger partial charge in [0.05, 0.1) is 7.11 Å². The minimum absolute atomic E-state index is 0.241. The first-order chi connectivity index (χ1) is 8.04. The molecule has 0 saturated heterocycles. The third-order valence-electron chi connectivity index (χ3n) is 2.89. The van der Waals surface area contributed by atoms with Crippen molar-refractivity contribution in [3.05, 3.63) is 29.8 Å². The van der Waals surface area contributed by atoms with E-state index in [1.54, 1.807) is 14.0 Å². The molecule has 1 aromatic carbocycles. The number of rotatable bonds is 6. The van der Waals surface area contributed by atoms with E-state index in [4.69, 9.17) is 4.74 Å². The van der Waals surface area contributed by atoms with E-state index in [-0.39, 0.29) is 11.8 Å². The van der Waals surface area contributed by atoms with E-state index >= 15 is 0 Å². The molecule has 1 atom stereocenters. The smallest absolute Gasteiger partial charge is 0.129 e. The molecule has 3 heteroatoms. The highest BCUT2D eigenvalue weighted by atomic mass is 16.5. The summed E-state index contributed by atoms with van der Waals surface area (Å²) in [4.78, 5) is 13.2. The lowest BCUT2D eigenvalue weighted by atomic mass is 10.00. The third kappa shape index (κ3) is 4.19. The van der Waals surface area contributed by atoms with Gasteiger partial charge in [-0.05, 0) is 45.1 Å². The Labute approximate surface area is 103 Å². The van der Waals surface area contributed by atoms with Crippen molar-refractivity contribution < 1.29 is 9.53 Å². The summed E-state index contributed by atoms with van der Waals surface area (Å²) in [5.74, 6) is 1.10. The number of ether oxygens (including phenoxy) is 1. The van der Waals surface area contributed by atoms with Crippen molar-refractivity contribution >= 4 is 5.78 Å². The first-order valence-corrected chi connectivity index (χ1v) is 5.84. The number of methoxy groups -OCH3 is 1. The molecule has 1 rings (SSSR count). The van der Waals surface area contributed by atoms with Crippen LogP contribution >= 0.6 is 0 Å². The predicted octanol–water partition coefficient (Wildman–Crippen LogP) is 2.67. The average molecular weight is 235 g/mol. The molecule has 0 amide bonds. The zero-order chi connectivity index (χ0) is 12.8. The topological polar surface area (TPSA) is 29.5 Å². The van der Waals surface area contributed by atoms with Crippen LogP contribution in [-0.4, -0.2) is 31.9 Å². The number of carbonyl (C=O) groups excluding carboxylic acids is 1. The minimum Gasteiger partial charge on any atom is -0.497 e. The van der Waals surface area contributed by atoms with Gasteiger partial charge >= 0.3 is 0 Å². The Morgan fingerprint density at radius 1 is 1.29 bits per heavy atom. The molecular formula is C14H21NO2. The van der Waals surface area contributed by atoms with Crippen LogP contribution in [0.15, 0.2) is 24.3 Å². The summed E-state index contributed by atoms with van der Waals surface area (Å²) < 4.78 is 5.14. The highest BCUT2D eigenvalue weighted by Gasteiger charge is 2.14. The normalized spacial score (nSPS) is 12.5. The number of hydrogen-bond donors (Lipinski definition) is 0. The highest BCUT2D eigenvalue weighted by molar-refractivity contribution is 5.75. The second kappa shape index (κ2) is 6.40. The van der Waals surface area contributed by atoms with E-state index in [1.165, 1.54) is 5.56 Å². The van der Waals surface area contributed by atoms with Crippen LogP contribution in [0, 0.1) is 0 Å². The molecule has 94 valence electrons. The Hall–Kier alpha value is -1.35.